The maximum Gasteiger partial charge on any atom is 0.169 e. The Labute approximate surface area is 99.3 Å². The summed E-state index contributed by atoms with van der Waals surface area (Å²) >= 11 is 3.29. The highest BCUT2D eigenvalue weighted by atomic mass is 79.9. The van der Waals surface area contributed by atoms with E-state index in [-0.39, 0.29) is 6.04 Å². The Bertz CT molecular complexity index is 288. The van der Waals surface area contributed by atoms with Crippen molar-refractivity contribution in [1.82, 2.24) is 5.32 Å². The molecule has 0 saturated carbocycles. The molecule has 0 aliphatic carbocycles. The second-order valence-corrected chi connectivity index (χ2v) is 4.49. The van der Waals surface area contributed by atoms with E-state index in [1.165, 1.54) is 0 Å². The van der Waals surface area contributed by atoms with Crippen LogP contribution >= 0.6 is 15.9 Å². The van der Waals surface area contributed by atoms with Crippen LogP contribution in [0.4, 0.5) is 0 Å². The minimum Gasteiger partial charge on any atom is -0.453 e. The summed E-state index contributed by atoms with van der Waals surface area (Å²) in [7, 11) is 1.72. The summed E-state index contributed by atoms with van der Waals surface area (Å²) in [5.41, 5.74) is 0. The average Bonchev–Trinajstić information content (AvgIpc) is 2.61. The molecule has 0 aliphatic heterocycles. The first-order valence-electron chi connectivity index (χ1n) is 5.13. The molecule has 0 aliphatic rings. The van der Waals surface area contributed by atoms with Crippen LogP contribution in [0.5, 0.6) is 0 Å². The van der Waals surface area contributed by atoms with Crippen LogP contribution in [0, 0.1) is 0 Å². The zero-order valence-electron chi connectivity index (χ0n) is 9.42. The molecule has 86 valence electrons. The van der Waals surface area contributed by atoms with Gasteiger partial charge in [-0.25, -0.2) is 0 Å². The van der Waals surface area contributed by atoms with Crippen molar-refractivity contribution in [1.29, 1.82) is 0 Å². The average molecular weight is 276 g/mol. The van der Waals surface area contributed by atoms with E-state index in [1.807, 2.05) is 12.1 Å². The zero-order valence-corrected chi connectivity index (χ0v) is 11.0. The van der Waals surface area contributed by atoms with Gasteiger partial charge in [-0.2, -0.15) is 0 Å². The van der Waals surface area contributed by atoms with Gasteiger partial charge in [0.2, 0.25) is 0 Å². The van der Waals surface area contributed by atoms with Gasteiger partial charge in [-0.15, -0.1) is 0 Å². The lowest BCUT2D eigenvalue weighted by atomic mass is 10.2. The first-order chi connectivity index (χ1) is 7.13. The summed E-state index contributed by atoms with van der Waals surface area (Å²) in [6.45, 7) is 5.02. The van der Waals surface area contributed by atoms with Gasteiger partial charge in [0, 0.05) is 19.8 Å². The first-order valence-corrected chi connectivity index (χ1v) is 5.93. The Kier molecular flexibility index (Phi) is 5.36. The van der Waals surface area contributed by atoms with Gasteiger partial charge in [0.15, 0.2) is 4.67 Å². The third kappa shape index (κ3) is 4.36. The van der Waals surface area contributed by atoms with E-state index in [0.29, 0.717) is 6.04 Å². The fourth-order valence-electron chi connectivity index (χ4n) is 1.45. The standard InChI is InChI=1S/C11H18BrNO2/c1-8(6-7-14-3)13-9(2)10-4-5-11(12)15-10/h4-5,8-9,13H,6-7H2,1-3H3. The van der Waals surface area contributed by atoms with E-state index >= 15 is 0 Å². The normalized spacial score (nSPS) is 15.2. The molecule has 1 rings (SSSR count). The van der Waals surface area contributed by atoms with Crippen LogP contribution in [0.2, 0.25) is 0 Å². The Morgan fingerprint density at radius 3 is 2.73 bits per heavy atom. The van der Waals surface area contributed by atoms with Gasteiger partial charge in [0.25, 0.3) is 0 Å². The smallest absolute Gasteiger partial charge is 0.169 e. The number of hydrogen-bond acceptors (Lipinski definition) is 3. The molecule has 4 heteroatoms. The van der Waals surface area contributed by atoms with Gasteiger partial charge in [0.1, 0.15) is 5.76 Å². The minimum absolute atomic E-state index is 0.225. The molecule has 2 unspecified atom stereocenters. The SMILES string of the molecule is COCCC(C)NC(C)c1ccc(Br)o1. The van der Waals surface area contributed by atoms with Gasteiger partial charge in [-0.3, -0.25) is 0 Å². The van der Waals surface area contributed by atoms with E-state index in [2.05, 4.69) is 35.1 Å². The van der Waals surface area contributed by atoms with Crippen molar-refractivity contribution < 1.29 is 9.15 Å². The number of methoxy groups -OCH3 is 1. The summed E-state index contributed by atoms with van der Waals surface area (Å²) in [5.74, 6) is 0.950. The summed E-state index contributed by atoms with van der Waals surface area (Å²) in [6.07, 6.45) is 1.00. The quantitative estimate of drug-likeness (QED) is 0.866. The van der Waals surface area contributed by atoms with Gasteiger partial charge >= 0.3 is 0 Å². The van der Waals surface area contributed by atoms with Crippen molar-refractivity contribution in [2.24, 2.45) is 0 Å². The third-order valence-electron chi connectivity index (χ3n) is 2.31. The van der Waals surface area contributed by atoms with Crippen LogP contribution in [0.25, 0.3) is 0 Å². The van der Waals surface area contributed by atoms with Crippen molar-refractivity contribution in [3.05, 3.63) is 22.6 Å². The minimum atomic E-state index is 0.225. The molecule has 0 amide bonds. The maximum absolute atomic E-state index is 5.47. The van der Waals surface area contributed by atoms with Crippen molar-refractivity contribution in [3.8, 4) is 0 Å². The topological polar surface area (TPSA) is 34.4 Å². The van der Waals surface area contributed by atoms with Crippen LogP contribution in [-0.4, -0.2) is 19.8 Å². The Morgan fingerprint density at radius 2 is 2.20 bits per heavy atom. The highest BCUT2D eigenvalue weighted by Gasteiger charge is 2.12. The summed E-state index contributed by atoms with van der Waals surface area (Å²) in [4.78, 5) is 0. The van der Waals surface area contributed by atoms with Gasteiger partial charge < -0.3 is 14.5 Å². The van der Waals surface area contributed by atoms with Crippen molar-refractivity contribution in [2.45, 2.75) is 32.4 Å². The molecule has 0 aromatic carbocycles. The monoisotopic (exact) mass is 275 g/mol. The number of rotatable bonds is 6. The van der Waals surface area contributed by atoms with Crippen LogP contribution in [0.3, 0.4) is 0 Å². The molecule has 0 bridgehead atoms. The van der Waals surface area contributed by atoms with Gasteiger partial charge in [-0.05, 0) is 48.3 Å². The van der Waals surface area contributed by atoms with Crippen LogP contribution in [0.1, 0.15) is 32.1 Å². The van der Waals surface area contributed by atoms with E-state index in [4.69, 9.17) is 9.15 Å². The molecular weight excluding hydrogens is 258 g/mol. The predicted molar refractivity (Wildman–Crippen MR) is 63.9 cm³/mol. The maximum atomic E-state index is 5.47. The molecule has 0 radical (unpaired) electrons. The molecule has 0 spiro atoms. The molecule has 1 aromatic heterocycles. The Morgan fingerprint density at radius 1 is 1.47 bits per heavy atom. The largest absolute Gasteiger partial charge is 0.453 e. The summed E-state index contributed by atoms with van der Waals surface area (Å²) in [6, 6.07) is 4.53. The van der Waals surface area contributed by atoms with E-state index in [9.17, 15) is 0 Å². The fraction of sp³-hybridized carbons (Fsp3) is 0.636. The lowest BCUT2D eigenvalue weighted by Gasteiger charge is -2.17. The van der Waals surface area contributed by atoms with E-state index in [0.717, 1.165) is 23.5 Å². The lowest BCUT2D eigenvalue weighted by Crippen LogP contribution is -2.29. The fourth-order valence-corrected chi connectivity index (χ4v) is 1.77. The third-order valence-corrected chi connectivity index (χ3v) is 2.74. The molecule has 15 heavy (non-hydrogen) atoms. The molecule has 0 saturated heterocycles. The predicted octanol–water partition coefficient (Wildman–Crippen LogP) is 3.12. The van der Waals surface area contributed by atoms with Crippen molar-refractivity contribution >= 4 is 15.9 Å². The highest BCUT2D eigenvalue weighted by Crippen LogP contribution is 2.20. The summed E-state index contributed by atoms with van der Waals surface area (Å²) < 4.78 is 11.3. The van der Waals surface area contributed by atoms with Gasteiger partial charge in [-0.1, -0.05) is 0 Å². The Balaban J connectivity index is 2.38. The number of furan rings is 1. The molecular formula is C11H18BrNO2. The molecule has 0 fully saturated rings. The molecule has 3 nitrogen and oxygen atoms in total. The number of ether oxygens (including phenoxy) is 1. The number of halogens is 1. The zero-order chi connectivity index (χ0) is 11.3. The molecule has 2 atom stereocenters. The van der Waals surface area contributed by atoms with Crippen LogP contribution < -0.4 is 5.32 Å². The first kappa shape index (κ1) is 12.7. The Hall–Kier alpha value is -0.320. The molecule has 1 N–H and O–H groups in total. The summed E-state index contributed by atoms with van der Waals surface area (Å²) in [5, 5.41) is 3.45. The number of hydrogen-bond donors (Lipinski definition) is 1. The second kappa shape index (κ2) is 6.30. The van der Waals surface area contributed by atoms with E-state index < -0.39 is 0 Å². The second-order valence-electron chi connectivity index (χ2n) is 3.71. The van der Waals surface area contributed by atoms with Crippen LogP contribution in [-0.2, 0) is 4.74 Å². The molecule has 1 heterocycles. The van der Waals surface area contributed by atoms with Crippen molar-refractivity contribution in [3.63, 3.8) is 0 Å². The van der Waals surface area contributed by atoms with E-state index in [1.54, 1.807) is 7.11 Å². The van der Waals surface area contributed by atoms with Crippen molar-refractivity contribution in [2.75, 3.05) is 13.7 Å². The number of nitrogens with one attached hydrogen (secondary N) is 1. The highest BCUT2D eigenvalue weighted by molar-refractivity contribution is 9.10. The van der Waals surface area contributed by atoms with Crippen LogP contribution in [0.15, 0.2) is 21.2 Å². The van der Waals surface area contributed by atoms with Gasteiger partial charge in [0.05, 0.1) is 6.04 Å². The molecule has 1 aromatic rings. The lowest BCUT2D eigenvalue weighted by molar-refractivity contribution is 0.182.